The third kappa shape index (κ3) is 4.56. The lowest BCUT2D eigenvalue weighted by Crippen LogP contribution is -2.17. The first-order chi connectivity index (χ1) is 14.7. The van der Waals surface area contributed by atoms with Crippen LogP contribution in [0.2, 0.25) is 5.02 Å². The molecule has 0 radical (unpaired) electrons. The number of furan rings is 1. The summed E-state index contributed by atoms with van der Waals surface area (Å²) in [5, 5.41) is 1.82. The average Bonchev–Trinajstić information content (AvgIpc) is 2.93. The zero-order chi connectivity index (χ0) is 20.5. The van der Waals surface area contributed by atoms with E-state index in [1.54, 1.807) is 16.8 Å². The lowest BCUT2D eigenvalue weighted by Gasteiger charge is -2.08. The van der Waals surface area contributed by atoms with Crippen LogP contribution in [0.5, 0.6) is 0 Å². The van der Waals surface area contributed by atoms with Crippen molar-refractivity contribution in [3.8, 4) is 5.69 Å². The van der Waals surface area contributed by atoms with Gasteiger partial charge < -0.3 is 4.42 Å². The van der Waals surface area contributed by atoms with Gasteiger partial charge in [0, 0.05) is 47.6 Å². The lowest BCUT2D eigenvalue weighted by molar-refractivity contribution is 0.538. The predicted molar refractivity (Wildman–Crippen MR) is 127 cm³/mol. The van der Waals surface area contributed by atoms with Gasteiger partial charge in [-0.15, -0.1) is 12.4 Å². The molecule has 3 heterocycles. The lowest BCUT2D eigenvalue weighted by atomic mass is 10.1. The van der Waals surface area contributed by atoms with E-state index in [2.05, 4.69) is 11.1 Å². The highest BCUT2D eigenvalue weighted by Crippen LogP contribution is 2.32. The first kappa shape index (κ1) is 21.7. The number of pyridine rings is 2. The Kier molecular flexibility index (Phi) is 6.49. The molecule has 0 spiro atoms. The highest BCUT2D eigenvalue weighted by Gasteiger charge is 2.17. The largest absolute Gasteiger partial charge is 0.461 e. The van der Waals surface area contributed by atoms with Crippen LogP contribution < -0.4 is 5.56 Å². The molecule has 1 aromatic carbocycles. The molecule has 0 bridgehead atoms. The van der Waals surface area contributed by atoms with Crippen molar-refractivity contribution in [1.82, 2.24) is 9.55 Å². The number of hydrogen-bond acceptors (Lipinski definition) is 3. The van der Waals surface area contributed by atoms with E-state index in [0.29, 0.717) is 5.02 Å². The Balaban J connectivity index is 0.00000231. The van der Waals surface area contributed by atoms with Gasteiger partial charge in [-0.05, 0) is 68.0 Å². The maximum atomic E-state index is 12.8. The highest BCUT2D eigenvalue weighted by atomic mass is 35.5. The summed E-state index contributed by atoms with van der Waals surface area (Å²) in [6.45, 7) is 0. The first-order valence-corrected chi connectivity index (χ1v) is 10.9. The van der Waals surface area contributed by atoms with Gasteiger partial charge in [0.05, 0.1) is 10.7 Å². The van der Waals surface area contributed by atoms with E-state index in [0.717, 1.165) is 54.0 Å². The first-order valence-electron chi connectivity index (χ1n) is 10.5. The predicted octanol–water partition coefficient (Wildman–Crippen LogP) is 6.11. The SMILES string of the molecule is Cl.O=c1cc(CCc2ccc(Cl)cn2)ccn1-c1ccc2c3c(oc2c1)CCCCC3. The van der Waals surface area contributed by atoms with Crippen molar-refractivity contribution in [2.24, 2.45) is 0 Å². The van der Waals surface area contributed by atoms with Crippen molar-refractivity contribution in [1.29, 1.82) is 0 Å². The number of aryl methyl sites for hydroxylation is 4. The van der Waals surface area contributed by atoms with E-state index in [-0.39, 0.29) is 18.0 Å². The minimum absolute atomic E-state index is 0. The van der Waals surface area contributed by atoms with Crippen LogP contribution >= 0.6 is 24.0 Å². The van der Waals surface area contributed by atoms with Gasteiger partial charge in [-0.1, -0.05) is 18.0 Å². The summed E-state index contributed by atoms with van der Waals surface area (Å²) in [4.78, 5) is 17.1. The molecular formula is C25H24Cl2N2O2. The van der Waals surface area contributed by atoms with Crippen molar-refractivity contribution in [3.63, 3.8) is 0 Å². The maximum absolute atomic E-state index is 12.8. The number of halogens is 2. The molecular weight excluding hydrogens is 431 g/mol. The van der Waals surface area contributed by atoms with Crippen molar-refractivity contribution in [2.45, 2.75) is 44.9 Å². The van der Waals surface area contributed by atoms with Gasteiger partial charge >= 0.3 is 0 Å². The Morgan fingerprint density at radius 2 is 1.87 bits per heavy atom. The van der Waals surface area contributed by atoms with E-state index >= 15 is 0 Å². The van der Waals surface area contributed by atoms with Crippen LogP contribution in [0.4, 0.5) is 0 Å². The standard InChI is InChI=1S/C25H23ClN2O2.ClH/c26-18-7-9-19(27-16-18)8-6-17-12-13-28(25(29)14-17)20-10-11-22-21-4-2-1-3-5-23(21)30-24(22)15-20;/h7,9-16H,1-6,8H2;1H. The van der Waals surface area contributed by atoms with Gasteiger partial charge in [-0.2, -0.15) is 0 Å². The molecule has 160 valence electrons. The zero-order valence-electron chi connectivity index (χ0n) is 17.1. The molecule has 5 rings (SSSR count). The molecule has 0 saturated carbocycles. The van der Waals surface area contributed by atoms with Crippen molar-refractivity contribution in [3.05, 3.63) is 92.8 Å². The molecule has 4 aromatic rings. The third-order valence-electron chi connectivity index (χ3n) is 5.91. The molecule has 0 amide bonds. The minimum atomic E-state index is -0.0379. The second-order valence-electron chi connectivity index (χ2n) is 7.96. The monoisotopic (exact) mass is 454 g/mol. The van der Waals surface area contributed by atoms with Crippen LogP contribution in [0.25, 0.3) is 16.7 Å². The van der Waals surface area contributed by atoms with E-state index in [1.165, 1.54) is 30.2 Å². The molecule has 0 saturated heterocycles. The van der Waals surface area contributed by atoms with Crippen molar-refractivity contribution in [2.75, 3.05) is 0 Å². The highest BCUT2D eigenvalue weighted by molar-refractivity contribution is 6.30. The molecule has 0 atom stereocenters. The molecule has 0 fully saturated rings. The van der Waals surface area contributed by atoms with E-state index < -0.39 is 0 Å². The van der Waals surface area contributed by atoms with Gasteiger partial charge in [-0.3, -0.25) is 14.3 Å². The topological polar surface area (TPSA) is 48.0 Å². The Bertz CT molecular complexity index is 1260. The Morgan fingerprint density at radius 3 is 2.68 bits per heavy atom. The van der Waals surface area contributed by atoms with Gasteiger partial charge in [0.25, 0.3) is 5.56 Å². The fraction of sp³-hybridized carbons (Fsp3) is 0.280. The number of rotatable bonds is 4. The molecule has 1 aliphatic carbocycles. The summed E-state index contributed by atoms with van der Waals surface area (Å²) in [6.07, 6.45) is 10.8. The van der Waals surface area contributed by atoms with Crippen molar-refractivity contribution < 1.29 is 4.42 Å². The number of benzene rings is 1. The summed E-state index contributed by atoms with van der Waals surface area (Å²) in [5.41, 5.74) is 4.99. The van der Waals surface area contributed by atoms with E-state index in [9.17, 15) is 4.79 Å². The normalized spacial score (nSPS) is 13.5. The minimum Gasteiger partial charge on any atom is -0.461 e. The molecule has 0 unspecified atom stereocenters. The molecule has 0 N–H and O–H groups in total. The summed E-state index contributed by atoms with van der Waals surface area (Å²) in [6, 6.07) is 13.6. The average molecular weight is 455 g/mol. The third-order valence-corrected chi connectivity index (χ3v) is 6.13. The van der Waals surface area contributed by atoms with E-state index in [4.69, 9.17) is 16.0 Å². The molecule has 31 heavy (non-hydrogen) atoms. The Morgan fingerprint density at radius 1 is 1.00 bits per heavy atom. The Labute approximate surface area is 192 Å². The zero-order valence-corrected chi connectivity index (χ0v) is 18.7. The summed E-state index contributed by atoms with van der Waals surface area (Å²) in [5.74, 6) is 1.12. The van der Waals surface area contributed by atoms with Crippen LogP contribution in [0.1, 0.15) is 41.8 Å². The van der Waals surface area contributed by atoms with Gasteiger partial charge in [0.15, 0.2) is 0 Å². The number of fused-ring (bicyclic) bond motifs is 3. The number of hydrogen-bond donors (Lipinski definition) is 0. The van der Waals surface area contributed by atoms with Crippen LogP contribution in [-0.2, 0) is 25.7 Å². The van der Waals surface area contributed by atoms with Crippen LogP contribution in [0.15, 0.2) is 64.1 Å². The summed E-state index contributed by atoms with van der Waals surface area (Å²) < 4.78 is 7.84. The quantitative estimate of drug-likeness (QED) is 0.349. The van der Waals surface area contributed by atoms with Gasteiger partial charge in [-0.25, -0.2) is 0 Å². The van der Waals surface area contributed by atoms with Crippen LogP contribution in [0.3, 0.4) is 0 Å². The fourth-order valence-electron chi connectivity index (χ4n) is 4.29. The molecule has 3 aromatic heterocycles. The molecule has 1 aliphatic rings. The van der Waals surface area contributed by atoms with Crippen molar-refractivity contribution >= 4 is 35.0 Å². The fourth-order valence-corrected chi connectivity index (χ4v) is 4.41. The van der Waals surface area contributed by atoms with Crippen LogP contribution in [0, 0.1) is 0 Å². The molecule has 0 aliphatic heterocycles. The molecule has 6 heteroatoms. The summed E-state index contributed by atoms with van der Waals surface area (Å²) >= 11 is 5.89. The Hall–Kier alpha value is -2.56. The number of aromatic nitrogens is 2. The van der Waals surface area contributed by atoms with Crippen LogP contribution in [-0.4, -0.2) is 9.55 Å². The summed E-state index contributed by atoms with van der Waals surface area (Å²) in [7, 11) is 0. The number of nitrogens with zero attached hydrogens (tertiary/aromatic N) is 2. The van der Waals surface area contributed by atoms with E-state index in [1.807, 2.05) is 36.5 Å². The van der Waals surface area contributed by atoms with Gasteiger partial charge in [0.1, 0.15) is 11.3 Å². The molecule has 4 nitrogen and oxygen atoms in total. The van der Waals surface area contributed by atoms with Gasteiger partial charge in [0.2, 0.25) is 0 Å². The maximum Gasteiger partial charge on any atom is 0.255 e. The second kappa shape index (κ2) is 9.29. The smallest absolute Gasteiger partial charge is 0.255 e. The second-order valence-corrected chi connectivity index (χ2v) is 8.39.